The van der Waals surface area contributed by atoms with E-state index in [0.717, 1.165) is 29.7 Å². The zero-order valence-corrected chi connectivity index (χ0v) is 14.2. The van der Waals surface area contributed by atoms with Gasteiger partial charge in [0.05, 0.1) is 0 Å². The summed E-state index contributed by atoms with van der Waals surface area (Å²) in [6.45, 7) is 8.35. The van der Waals surface area contributed by atoms with E-state index in [1.54, 1.807) is 0 Å². The highest BCUT2D eigenvalue weighted by Crippen LogP contribution is 2.39. The lowest BCUT2D eigenvalue weighted by Crippen LogP contribution is -2.45. The van der Waals surface area contributed by atoms with Crippen molar-refractivity contribution in [3.8, 4) is 0 Å². The SMILES string of the molecule is CCCNC(C1CCC(C)CC1)C1CCC(CC)CC1. The van der Waals surface area contributed by atoms with Crippen molar-refractivity contribution in [3.63, 3.8) is 0 Å². The van der Waals surface area contributed by atoms with Crippen LogP contribution in [0.15, 0.2) is 0 Å². The fourth-order valence-corrected chi connectivity index (χ4v) is 4.63. The molecule has 118 valence electrons. The Labute approximate surface area is 127 Å². The number of nitrogens with one attached hydrogen (secondary N) is 1. The molecule has 2 fully saturated rings. The van der Waals surface area contributed by atoms with Crippen LogP contribution in [0.4, 0.5) is 0 Å². The molecule has 0 heterocycles. The summed E-state index contributed by atoms with van der Waals surface area (Å²) in [5.74, 6) is 3.96. The van der Waals surface area contributed by atoms with Crippen LogP contribution in [0.1, 0.15) is 85.0 Å². The smallest absolute Gasteiger partial charge is 0.0124 e. The summed E-state index contributed by atoms with van der Waals surface area (Å²) in [7, 11) is 0. The van der Waals surface area contributed by atoms with E-state index in [2.05, 4.69) is 26.1 Å². The Morgan fingerprint density at radius 1 is 0.850 bits per heavy atom. The summed E-state index contributed by atoms with van der Waals surface area (Å²) in [4.78, 5) is 0. The zero-order chi connectivity index (χ0) is 14.4. The molecule has 0 aromatic rings. The van der Waals surface area contributed by atoms with Crippen LogP contribution >= 0.6 is 0 Å². The van der Waals surface area contributed by atoms with Gasteiger partial charge < -0.3 is 5.32 Å². The average Bonchev–Trinajstić information content (AvgIpc) is 2.50. The first-order valence-electron chi connectivity index (χ1n) is 9.47. The van der Waals surface area contributed by atoms with Gasteiger partial charge >= 0.3 is 0 Å². The molecule has 20 heavy (non-hydrogen) atoms. The van der Waals surface area contributed by atoms with E-state index in [-0.39, 0.29) is 0 Å². The Kier molecular flexibility index (Phi) is 6.87. The Balaban J connectivity index is 1.89. The monoisotopic (exact) mass is 279 g/mol. The lowest BCUT2D eigenvalue weighted by atomic mass is 9.70. The molecule has 0 aromatic heterocycles. The summed E-state index contributed by atoms with van der Waals surface area (Å²) in [6, 6.07) is 0.834. The van der Waals surface area contributed by atoms with Crippen molar-refractivity contribution >= 4 is 0 Å². The van der Waals surface area contributed by atoms with Crippen molar-refractivity contribution in [2.45, 2.75) is 91.0 Å². The van der Waals surface area contributed by atoms with Crippen LogP contribution in [0.25, 0.3) is 0 Å². The first-order valence-corrected chi connectivity index (χ1v) is 9.47. The molecule has 0 saturated heterocycles. The maximum absolute atomic E-state index is 3.96. The molecule has 2 aliphatic carbocycles. The van der Waals surface area contributed by atoms with E-state index in [9.17, 15) is 0 Å². The highest BCUT2D eigenvalue weighted by Gasteiger charge is 2.33. The van der Waals surface area contributed by atoms with Crippen LogP contribution in [-0.4, -0.2) is 12.6 Å². The maximum Gasteiger partial charge on any atom is 0.0124 e. The van der Waals surface area contributed by atoms with Crippen molar-refractivity contribution in [1.82, 2.24) is 5.32 Å². The van der Waals surface area contributed by atoms with E-state index in [4.69, 9.17) is 0 Å². The standard InChI is InChI=1S/C19H37N/c1-4-14-20-19(17-10-6-15(3)7-11-17)18-12-8-16(5-2)9-13-18/h15-20H,4-14H2,1-3H3. The lowest BCUT2D eigenvalue weighted by Gasteiger charge is -2.41. The van der Waals surface area contributed by atoms with Crippen LogP contribution in [0, 0.1) is 23.7 Å². The molecule has 2 aliphatic rings. The minimum atomic E-state index is 0.834. The lowest BCUT2D eigenvalue weighted by molar-refractivity contribution is 0.140. The quantitative estimate of drug-likeness (QED) is 0.686. The Morgan fingerprint density at radius 2 is 1.40 bits per heavy atom. The molecule has 1 N–H and O–H groups in total. The summed E-state index contributed by atoms with van der Waals surface area (Å²) >= 11 is 0. The van der Waals surface area contributed by atoms with Gasteiger partial charge in [-0.15, -0.1) is 0 Å². The van der Waals surface area contributed by atoms with Gasteiger partial charge in [-0.3, -0.25) is 0 Å². The molecule has 1 nitrogen and oxygen atoms in total. The van der Waals surface area contributed by atoms with Crippen molar-refractivity contribution in [2.24, 2.45) is 23.7 Å². The van der Waals surface area contributed by atoms with Gasteiger partial charge in [-0.2, -0.15) is 0 Å². The molecule has 1 heteroatoms. The van der Waals surface area contributed by atoms with Crippen LogP contribution in [-0.2, 0) is 0 Å². The fourth-order valence-electron chi connectivity index (χ4n) is 4.63. The summed E-state index contributed by atoms with van der Waals surface area (Å²) < 4.78 is 0. The summed E-state index contributed by atoms with van der Waals surface area (Å²) in [6.07, 6.45) is 14.6. The van der Waals surface area contributed by atoms with Crippen molar-refractivity contribution < 1.29 is 0 Å². The van der Waals surface area contributed by atoms with Crippen molar-refractivity contribution in [2.75, 3.05) is 6.54 Å². The Morgan fingerprint density at radius 3 is 1.90 bits per heavy atom. The highest BCUT2D eigenvalue weighted by atomic mass is 14.9. The Bertz CT molecular complexity index is 246. The van der Waals surface area contributed by atoms with Gasteiger partial charge in [-0.05, 0) is 62.3 Å². The molecule has 0 radical (unpaired) electrons. The third kappa shape index (κ3) is 4.48. The van der Waals surface area contributed by atoms with E-state index < -0.39 is 0 Å². The molecule has 0 spiro atoms. The normalized spacial score (nSPS) is 36.8. The van der Waals surface area contributed by atoms with Crippen molar-refractivity contribution in [1.29, 1.82) is 0 Å². The second-order valence-electron chi connectivity index (χ2n) is 7.69. The first kappa shape index (κ1) is 16.3. The molecule has 0 aromatic carbocycles. The van der Waals surface area contributed by atoms with Gasteiger partial charge in [0, 0.05) is 6.04 Å². The number of rotatable bonds is 6. The zero-order valence-electron chi connectivity index (χ0n) is 14.2. The largest absolute Gasteiger partial charge is 0.313 e. The van der Waals surface area contributed by atoms with Crippen LogP contribution in [0.3, 0.4) is 0 Å². The van der Waals surface area contributed by atoms with Gasteiger partial charge in [-0.25, -0.2) is 0 Å². The van der Waals surface area contributed by atoms with Gasteiger partial charge in [-0.1, -0.05) is 52.9 Å². The van der Waals surface area contributed by atoms with Gasteiger partial charge in [0.2, 0.25) is 0 Å². The topological polar surface area (TPSA) is 12.0 Å². The fraction of sp³-hybridized carbons (Fsp3) is 1.00. The predicted molar refractivity (Wildman–Crippen MR) is 88.9 cm³/mol. The van der Waals surface area contributed by atoms with Crippen LogP contribution in [0.5, 0.6) is 0 Å². The van der Waals surface area contributed by atoms with Gasteiger partial charge in [0.25, 0.3) is 0 Å². The molecule has 2 rings (SSSR count). The summed E-state index contributed by atoms with van der Waals surface area (Å²) in [5.41, 5.74) is 0. The van der Waals surface area contributed by atoms with E-state index >= 15 is 0 Å². The third-order valence-electron chi connectivity index (χ3n) is 6.18. The summed E-state index contributed by atoms with van der Waals surface area (Å²) in [5, 5.41) is 3.96. The second-order valence-corrected chi connectivity index (χ2v) is 7.69. The minimum absolute atomic E-state index is 0.834. The van der Waals surface area contributed by atoms with Crippen molar-refractivity contribution in [3.05, 3.63) is 0 Å². The van der Waals surface area contributed by atoms with Gasteiger partial charge in [0.15, 0.2) is 0 Å². The average molecular weight is 280 g/mol. The highest BCUT2D eigenvalue weighted by molar-refractivity contribution is 4.88. The number of hydrogen-bond donors (Lipinski definition) is 1. The molecular formula is C19H37N. The van der Waals surface area contributed by atoms with E-state index in [1.165, 1.54) is 70.8 Å². The number of hydrogen-bond acceptors (Lipinski definition) is 1. The Hall–Kier alpha value is -0.0400. The van der Waals surface area contributed by atoms with E-state index in [0.29, 0.717) is 0 Å². The maximum atomic E-state index is 3.96. The van der Waals surface area contributed by atoms with E-state index in [1.807, 2.05) is 0 Å². The van der Waals surface area contributed by atoms with Gasteiger partial charge in [0.1, 0.15) is 0 Å². The molecule has 0 bridgehead atoms. The minimum Gasteiger partial charge on any atom is -0.313 e. The second kappa shape index (κ2) is 8.41. The molecule has 1 atom stereocenters. The molecule has 0 aliphatic heterocycles. The van der Waals surface area contributed by atoms with Crippen LogP contribution < -0.4 is 5.32 Å². The molecule has 2 saturated carbocycles. The molecular weight excluding hydrogens is 242 g/mol. The third-order valence-corrected chi connectivity index (χ3v) is 6.18. The molecule has 0 amide bonds. The first-order chi connectivity index (χ1) is 9.74. The van der Waals surface area contributed by atoms with Crippen LogP contribution in [0.2, 0.25) is 0 Å². The molecule has 1 unspecified atom stereocenters. The predicted octanol–water partition coefficient (Wildman–Crippen LogP) is 5.40.